The van der Waals surface area contributed by atoms with E-state index >= 15 is 0 Å². The third kappa shape index (κ3) is 5.59. The van der Waals surface area contributed by atoms with Gasteiger partial charge in [-0.15, -0.1) is 0 Å². The molecular formula is C12H18Br2N2O3S. The number of benzene rings is 1. The van der Waals surface area contributed by atoms with Crippen molar-refractivity contribution in [3.05, 3.63) is 21.1 Å². The SMILES string of the molecule is CCNCCCS(=O)(=O)Nc1cc(OC)c(Br)cc1Br. The minimum absolute atomic E-state index is 0.0742. The summed E-state index contributed by atoms with van der Waals surface area (Å²) in [5.41, 5.74) is 0.466. The number of hydrogen-bond donors (Lipinski definition) is 2. The Bertz CT molecular complexity index is 550. The number of rotatable bonds is 8. The summed E-state index contributed by atoms with van der Waals surface area (Å²) >= 11 is 6.67. The zero-order valence-corrected chi connectivity index (χ0v) is 15.4. The molecule has 0 saturated carbocycles. The van der Waals surface area contributed by atoms with Crippen LogP contribution in [0.2, 0.25) is 0 Å². The lowest BCUT2D eigenvalue weighted by molar-refractivity contribution is 0.412. The molecule has 0 bridgehead atoms. The highest BCUT2D eigenvalue weighted by Crippen LogP contribution is 2.34. The highest BCUT2D eigenvalue weighted by molar-refractivity contribution is 9.11. The van der Waals surface area contributed by atoms with Gasteiger partial charge in [-0.2, -0.15) is 0 Å². The number of hydrogen-bond acceptors (Lipinski definition) is 4. The molecule has 0 aromatic heterocycles. The molecule has 0 aliphatic rings. The molecule has 0 radical (unpaired) electrons. The summed E-state index contributed by atoms with van der Waals surface area (Å²) in [6.45, 7) is 3.50. The van der Waals surface area contributed by atoms with Gasteiger partial charge in [-0.05, 0) is 57.4 Å². The predicted molar refractivity (Wildman–Crippen MR) is 89.0 cm³/mol. The number of methoxy groups -OCH3 is 1. The van der Waals surface area contributed by atoms with Gasteiger partial charge < -0.3 is 10.1 Å². The minimum Gasteiger partial charge on any atom is -0.495 e. The van der Waals surface area contributed by atoms with Gasteiger partial charge in [-0.25, -0.2) is 8.42 Å². The molecule has 1 rings (SSSR count). The summed E-state index contributed by atoms with van der Waals surface area (Å²) in [4.78, 5) is 0. The second-order valence-corrected chi connectivity index (χ2v) is 7.65. The van der Waals surface area contributed by atoms with Crippen LogP contribution in [0, 0.1) is 0 Å². The molecule has 0 amide bonds. The van der Waals surface area contributed by atoms with Crippen LogP contribution in [0.4, 0.5) is 5.69 Å². The molecule has 0 aliphatic carbocycles. The van der Waals surface area contributed by atoms with Crippen LogP contribution in [0.15, 0.2) is 21.1 Å². The molecule has 0 spiro atoms. The zero-order valence-electron chi connectivity index (χ0n) is 11.4. The summed E-state index contributed by atoms with van der Waals surface area (Å²) in [6.07, 6.45) is 0.564. The van der Waals surface area contributed by atoms with Crippen LogP contribution in [-0.2, 0) is 10.0 Å². The molecule has 8 heteroatoms. The summed E-state index contributed by atoms with van der Waals surface area (Å²) < 4.78 is 33.1. The Morgan fingerprint density at radius 3 is 2.55 bits per heavy atom. The monoisotopic (exact) mass is 428 g/mol. The van der Waals surface area contributed by atoms with Crippen molar-refractivity contribution in [3.63, 3.8) is 0 Å². The van der Waals surface area contributed by atoms with Gasteiger partial charge >= 0.3 is 0 Å². The van der Waals surface area contributed by atoms with E-state index in [1.54, 1.807) is 12.1 Å². The van der Waals surface area contributed by atoms with Crippen molar-refractivity contribution in [1.29, 1.82) is 0 Å². The lowest BCUT2D eigenvalue weighted by Gasteiger charge is -2.12. The maximum Gasteiger partial charge on any atom is 0.232 e. The smallest absolute Gasteiger partial charge is 0.232 e. The second-order valence-electron chi connectivity index (χ2n) is 4.09. The quantitative estimate of drug-likeness (QED) is 0.623. The first kappa shape index (κ1) is 17.7. The lowest BCUT2D eigenvalue weighted by Crippen LogP contribution is -2.22. The summed E-state index contributed by atoms with van der Waals surface area (Å²) in [5, 5.41) is 3.09. The molecule has 0 saturated heterocycles. The van der Waals surface area contributed by atoms with Gasteiger partial charge in [0.05, 0.1) is 23.0 Å². The normalized spacial score (nSPS) is 11.4. The zero-order chi connectivity index (χ0) is 15.2. The van der Waals surface area contributed by atoms with Crippen LogP contribution in [0.3, 0.4) is 0 Å². The Morgan fingerprint density at radius 2 is 1.95 bits per heavy atom. The Hall–Kier alpha value is -0.310. The third-order valence-corrected chi connectivity index (χ3v) is 5.16. The molecule has 5 nitrogen and oxygen atoms in total. The molecule has 0 heterocycles. The van der Waals surface area contributed by atoms with Gasteiger partial charge in [0.25, 0.3) is 0 Å². The van der Waals surface area contributed by atoms with Crippen molar-refractivity contribution >= 4 is 47.6 Å². The largest absolute Gasteiger partial charge is 0.495 e. The fraction of sp³-hybridized carbons (Fsp3) is 0.500. The first-order chi connectivity index (χ1) is 9.39. The Morgan fingerprint density at radius 1 is 1.25 bits per heavy atom. The first-order valence-corrected chi connectivity index (χ1v) is 9.37. The van der Waals surface area contributed by atoms with Gasteiger partial charge in [-0.1, -0.05) is 6.92 Å². The number of nitrogens with one attached hydrogen (secondary N) is 2. The first-order valence-electron chi connectivity index (χ1n) is 6.14. The average Bonchev–Trinajstić information content (AvgIpc) is 2.38. The van der Waals surface area contributed by atoms with Gasteiger partial charge in [0, 0.05) is 10.5 Å². The van der Waals surface area contributed by atoms with E-state index in [0.29, 0.717) is 28.9 Å². The summed E-state index contributed by atoms with van der Waals surface area (Å²) in [5.74, 6) is 0.642. The van der Waals surface area contributed by atoms with Gasteiger partial charge in [0.2, 0.25) is 10.0 Å². The number of anilines is 1. The fourth-order valence-corrected chi connectivity index (χ4v) is 4.06. The van der Waals surface area contributed by atoms with E-state index in [2.05, 4.69) is 41.9 Å². The van der Waals surface area contributed by atoms with Gasteiger partial charge in [0.1, 0.15) is 5.75 Å². The second kappa shape index (κ2) is 8.21. The van der Waals surface area contributed by atoms with Crippen molar-refractivity contribution in [2.24, 2.45) is 0 Å². The molecule has 114 valence electrons. The molecular weight excluding hydrogens is 412 g/mol. The van der Waals surface area contributed by atoms with Crippen molar-refractivity contribution in [1.82, 2.24) is 5.32 Å². The van der Waals surface area contributed by atoms with Crippen LogP contribution < -0.4 is 14.8 Å². The van der Waals surface area contributed by atoms with Gasteiger partial charge in [-0.3, -0.25) is 4.72 Å². The minimum atomic E-state index is -3.37. The molecule has 0 fully saturated rings. The Balaban J connectivity index is 2.76. The molecule has 20 heavy (non-hydrogen) atoms. The molecule has 2 N–H and O–H groups in total. The molecule has 1 aromatic carbocycles. The average molecular weight is 430 g/mol. The predicted octanol–water partition coefficient (Wildman–Crippen LogP) is 2.96. The molecule has 0 unspecified atom stereocenters. The van der Waals surface area contributed by atoms with E-state index in [-0.39, 0.29) is 5.75 Å². The third-order valence-electron chi connectivity index (χ3n) is 2.52. The molecule has 1 aromatic rings. The topological polar surface area (TPSA) is 67.4 Å². The highest BCUT2D eigenvalue weighted by atomic mass is 79.9. The maximum absolute atomic E-state index is 12.0. The standard InChI is InChI=1S/C12H18Br2N2O3S/c1-3-15-5-4-6-20(17,18)16-11-8-12(19-2)10(14)7-9(11)13/h7-8,15-16H,3-6H2,1-2H3. The van der Waals surface area contributed by atoms with Crippen molar-refractivity contribution in [3.8, 4) is 5.75 Å². The van der Waals surface area contributed by atoms with E-state index in [1.807, 2.05) is 6.92 Å². The van der Waals surface area contributed by atoms with Crippen LogP contribution >= 0.6 is 31.9 Å². The summed E-state index contributed by atoms with van der Waals surface area (Å²) in [6, 6.07) is 3.38. The van der Waals surface area contributed by atoms with Crippen molar-refractivity contribution in [2.45, 2.75) is 13.3 Å². The maximum atomic E-state index is 12.0. The lowest BCUT2D eigenvalue weighted by atomic mass is 10.3. The number of halogens is 2. The molecule has 0 atom stereocenters. The van der Waals surface area contributed by atoms with Crippen molar-refractivity contribution < 1.29 is 13.2 Å². The Labute approximate surface area is 136 Å². The Kier molecular flexibility index (Phi) is 7.28. The van der Waals surface area contributed by atoms with Gasteiger partial charge in [0.15, 0.2) is 0 Å². The van der Waals surface area contributed by atoms with E-state index in [4.69, 9.17) is 4.74 Å². The van der Waals surface area contributed by atoms with E-state index < -0.39 is 10.0 Å². The number of sulfonamides is 1. The highest BCUT2D eigenvalue weighted by Gasteiger charge is 2.14. The van der Waals surface area contributed by atoms with E-state index in [1.165, 1.54) is 7.11 Å². The summed E-state index contributed by atoms with van der Waals surface area (Å²) in [7, 11) is -1.84. The fourth-order valence-electron chi connectivity index (χ4n) is 1.55. The molecule has 0 aliphatic heterocycles. The van der Waals surface area contributed by atoms with Crippen LogP contribution in [-0.4, -0.2) is 34.4 Å². The van der Waals surface area contributed by atoms with Crippen molar-refractivity contribution in [2.75, 3.05) is 30.7 Å². The van der Waals surface area contributed by atoms with Crippen LogP contribution in [0.25, 0.3) is 0 Å². The van der Waals surface area contributed by atoms with E-state index in [0.717, 1.165) is 11.0 Å². The van der Waals surface area contributed by atoms with E-state index in [9.17, 15) is 8.42 Å². The van der Waals surface area contributed by atoms with Crippen LogP contribution in [0.5, 0.6) is 5.75 Å². The number of ether oxygens (including phenoxy) is 1. The van der Waals surface area contributed by atoms with Crippen LogP contribution in [0.1, 0.15) is 13.3 Å².